The molecule has 32 heavy (non-hydrogen) atoms. The number of aryl methyl sites for hydroxylation is 2. The van der Waals surface area contributed by atoms with E-state index in [4.69, 9.17) is 9.47 Å². The van der Waals surface area contributed by atoms with Crippen molar-refractivity contribution in [2.45, 2.75) is 49.5 Å². The summed E-state index contributed by atoms with van der Waals surface area (Å²) < 4.78 is 37.9. The summed E-state index contributed by atoms with van der Waals surface area (Å²) >= 11 is 0. The van der Waals surface area contributed by atoms with Crippen molar-refractivity contribution in [1.29, 1.82) is 0 Å². The first-order valence-corrected chi connectivity index (χ1v) is 12.4. The third-order valence-electron chi connectivity index (χ3n) is 5.93. The molecule has 0 bridgehead atoms. The van der Waals surface area contributed by atoms with Gasteiger partial charge in [0.1, 0.15) is 0 Å². The van der Waals surface area contributed by atoms with Crippen molar-refractivity contribution in [3.63, 3.8) is 0 Å². The van der Waals surface area contributed by atoms with Gasteiger partial charge in [-0.1, -0.05) is 12.1 Å². The van der Waals surface area contributed by atoms with Gasteiger partial charge in [-0.15, -0.1) is 0 Å². The first-order valence-electron chi connectivity index (χ1n) is 11.0. The Hall–Kier alpha value is -2.55. The second-order valence-corrected chi connectivity index (χ2v) is 9.97. The van der Waals surface area contributed by atoms with Gasteiger partial charge in [-0.25, -0.2) is 17.9 Å². The number of Topliss-reactive ketones (excluding diaryl/α,β-unsaturated/α-hetero) is 1. The van der Waals surface area contributed by atoms with Crippen LogP contribution in [0.1, 0.15) is 57.5 Å². The number of nitrogens with one attached hydrogen (secondary N) is 1. The summed E-state index contributed by atoms with van der Waals surface area (Å²) in [5.74, 6) is -0.933. The summed E-state index contributed by atoms with van der Waals surface area (Å²) in [6, 6.07) is 11.1. The Labute approximate surface area is 188 Å². The summed E-state index contributed by atoms with van der Waals surface area (Å²) in [6.45, 7) is 0.510. The fourth-order valence-electron chi connectivity index (χ4n) is 4.07. The van der Waals surface area contributed by atoms with E-state index < -0.39 is 16.0 Å². The molecule has 2 aromatic carbocycles. The average molecular weight is 458 g/mol. The standard InChI is InChI=1S/C24H27NO6S/c26-23(20-8-7-17-4-1-2-5-19(17)14-20)16-31-24(27)18-9-11-22(12-10-18)32(28,29)25-15-21-6-3-13-30-21/h7-12,14,21,25H,1-6,13,15-16H2. The van der Waals surface area contributed by atoms with Crippen LogP contribution < -0.4 is 4.72 Å². The van der Waals surface area contributed by atoms with E-state index in [9.17, 15) is 18.0 Å². The number of benzene rings is 2. The molecule has 1 atom stereocenters. The van der Waals surface area contributed by atoms with E-state index in [2.05, 4.69) is 4.72 Å². The van der Waals surface area contributed by atoms with Gasteiger partial charge in [-0.2, -0.15) is 0 Å². The Morgan fingerprint density at radius 1 is 0.969 bits per heavy atom. The highest BCUT2D eigenvalue weighted by molar-refractivity contribution is 7.89. The minimum absolute atomic E-state index is 0.0529. The lowest BCUT2D eigenvalue weighted by atomic mass is 9.90. The molecule has 0 radical (unpaired) electrons. The van der Waals surface area contributed by atoms with Gasteiger partial charge in [0, 0.05) is 18.7 Å². The summed E-state index contributed by atoms with van der Waals surface area (Å²) in [5.41, 5.74) is 3.20. The molecule has 1 aliphatic heterocycles. The molecule has 1 heterocycles. The number of rotatable bonds is 8. The second kappa shape index (κ2) is 9.94. The lowest BCUT2D eigenvalue weighted by molar-refractivity contribution is 0.0474. The number of ketones is 1. The molecule has 0 spiro atoms. The van der Waals surface area contributed by atoms with Gasteiger partial charge in [0.15, 0.2) is 12.4 Å². The van der Waals surface area contributed by atoms with E-state index in [1.807, 2.05) is 12.1 Å². The van der Waals surface area contributed by atoms with E-state index in [-0.39, 0.29) is 35.5 Å². The normalized spacial score (nSPS) is 18.2. The average Bonchev–Trinajstić information content (AvgIpc) is 3.35. The maximum Gasteiger partial charge on any atom is 0.338 e. The van der Waals surface area contributed by atoms with E-state index >= 15 is 0 Å². The van der Waals surface area contributed by atoms with Gasteiger partial charge in [0.2, 0.25) is 10.0 Å². The third kappa shape index (κ3) is 5.43. The van der Waals surface area contributed by atoms with Gasteiger partial charge in [0.05, 0.1) is 16.6 Å². The van der Waals surface area contributed by atoms with E-state index in [0.717, 1.165) is 32.1 Å². The van der Waals surface area contributed by atoms with Crippen LogP contribution in [0.25, 0.3) is 0 Å². The van der Waals surface area contributed by atoms with Crippen LogP contribution in [0.15, 0.2) is 47.4 Å². The number of sulfonamides is 1. The van der Waals surface area contributed by atoms with E-state index in [1.54, 1.807) is 6.07 Å². The second-order valence-electron chi connectivity index (χ2n) is 8.20. The maximum absolute atomic E-state index is 12.5. The van der Waals surface area contributed by atoms with Crippen molar-refractivity contribution in [3.8, 4) is 0 Å². The Morgan fingerprint density at radius 2 is 1.69 bits per heavy atom. The van der Waals surface area contributed by atoms with Crippen molar-refractivity contribution in [2.24, 2.45) is 0 Å². The van der Waals surface area contributed by atoms with Gasteiger partial charge in [-0.3, -0.25) is 4.79 Å². The lowest BCUT2D eigenvalue weighted by Crippen LogP contribution is -2.31. The molecule has 1 fully saturated rings. The number of carbonyl (C=O) groups is 2. The number of ether oxygens (including phenoxy) is 2. The molecule has 1 unspecified atom stereocenters. The quantitative estimate of drug-likeness (QED) is 0.483. The molecule has 170 valence electrons. The Balaban J connectivity index is 1.32. The smallest absolute Gasteiger partial charge is 0.338 e. The van der Waals surface area contributed by atoms with Crippen molar-refractivity contribution >= 4 is 21.8 Å². The molecule has 1 aliphatic carbocycles. The first-order chi connectivity index (χ1) is 15.4. The molecule has 2 aromatic rings. The van der Waals surface area contributed by atoms with Crippen LogP contribution in [-0.4, -0.2) is 46.0 Å². The Bertz CT molecular complexity index is 1090. The highest BCUT2D eigenvalue weighted by Gasteiger charge is 2.21. The van der Waals surface area contributed by atoms with Gasteiger partial charge in [-0.05, 0) is 80.0 Å². The summed E-state index contributed by atoms with van der Waals surface area (Å²) in [6.07, 6.45) is 5.95. The number of hydrogen-bond donors (Lipinski definition) is 1. The molecular weight excluding hydrogens is 430 g/mol. The fraction of sp³-hybridized carbons (Fsp3) is 0.417. The van der Waals surface area contributed by atoms with E-state index in [1.165, 1.54) is 41.8 Å². The lowest BCUT2D eigenvalue weighted by Gasteiger charge is -2.16. The molecule has 8 heteroatoms. The van der Waals surface area contributed by atoms with Crippen LogP contribution in [0.2, 0.25) is 0 Å². The van der Waals surface area contributed by atoms with Crippen molar-refractivity contribution in [3.05, 3.63) is 64.7 Å². The molecule has 4 rings (SSSR count). The summed E-state index contributed by atoms with van der Waals surface area (Å²) in [5, 5.41) is 0. The summed E-state index contributed by atoms with van der Waals surface area (Å²) in [7, 11) is -3.70. The van der Waals surface area contributed by atoms with Gasteiger partial charge in [0.25, 0.3) is 0 Å². The molecule has 0 aromatic heterocycles. The summed E-state index contributed by atoms with van der Waals surface area (Å²) in [4.78, 5) is 24.8. The minimum atomic E-state index is -3.70. The molecule has 7 nitrogen and oxygen atoms in total. The zero-order chi connectivity index (χ0) is 22.6. The molecule has 1 saturated heterocycles. The van der Waals surface area contributed by atoms with Crippen LogP contribution in [0, 0.1) is 0 Å². The van der Waals surface area contributed by atoms with Crippen molar-refractivity contribution in [1.82, 2.24) is 4.72 Å². The third-order valence-corrected chi connectivity index (χ3v) is 7.37. The van der Waals surface area contributed by atoms with Gasteiger partial charge >= 0.3 is 5.97 Å². The zero-order valence-electron chi connectivity index (χ0n) is 17.8. The fourth-order valence-corrected chi connectivity index (χ4v) is 5.13. The number of esters is 1. The Morgan fingerprint density at radius 3 is 2.41 bits per heavy atom. The number of carbonyl (C=O) groups excluding carboxylic acids is 2. The molecule has 1 N–H and O–H groups in total. The SMILES string of the molecule is O=C(COC(=O)c1ccc(S(=O)(=O)NCC2CCCO2)cc1)c1ccc2c(c1)CCCC2. The predicted molar refractivity (Wildman–Crippen MR) is 118 cm³/mol. The van der Waals surface area contributed by atoms with Crippen molar-refractivity contribution < 1.29 is 27.5 Å². The van der Waals surface area contributed by atoms with Crippen molar-refractivity contribution in [2.75, 3.05) is 19.8 Å². The van der Waals surface area contributed by atoms with Crippen LogP contribution in [-0.2, 0) is 32.3 Å². The molecule has 0 amide bonds. The van der Waals surface area contributed by atoms with Crippen LogP contribution >= 0.6 is 0 Å². The molecule has 0 saturated carbocycles. The topological polar surface area (TPSA) is 98.8 Å². The molecule has 2 aliphatic rings. The highest BCUT2D eigenvalue weighted by atomic mass is 32.2. The highest BCUT2D eigenvalue weighted by Crippen LogP contribution is 2.22. The van der Waals surface area contributed by atoms with Crippen LogP contribution in [0.4, 0.5) is 0 Å². The molecular formula is C24H27NO6S. The Kier molecular flexibility index (Phi) is 7.03. The largest absolute Gasteiger partial charge is 0.454 e. The number of hydrogen-bond acceptors (Lipinski definition) is 6. The first kappa shape index (κ1) is 22.6. The zero-order valence-corrected chi connectivity index (χ0v) is 18.7. The van der Waals surface area contributed by atoms with Gasteiger partial charge < -0.3 is 9.47 Å². The minimum Gasteiger partial charge on any atom is -0.454 e. The van der Waals surface area contributed by atoms with E-state index in [0.29, 0.717) is 12.2 Å². The monoisotopic (exact) mass is 457 g/mol. The number of fused-ring (bicyclic) bond motifs is 1. The predicted octanol–water partition coefficient (Wildman–Crippen LogP) is 3.06. The van der Waals surface area contributed by atoms with Crippen LogP contribution in [0.5, 0.6) is 0 Å². The maximum atomic E-state index is 12.5. The van der Waals surface area contributed by atoms with Crippen LogP contribution in [0.3, 0.4) is 0 Å².